The molecule has 1 amide bonds. The molecule has 2 heterocycles. The number of nitrogens with zero attached hydrogens (tertiary/aromatic N) is 4. The van der Waals surface area contributed by atoms with Crippen LogP contribution in [-0.4, -0.2) is 54.8 Å². The van der Waals surface area contributed by atoms with Crippen LogP contribution in [0.15, 0.2) is 65.6 Å². The second kappa shape index (κ2) is 9.55. The first-order valence-electron chi connectivity index (χ1n) is 10.6. The standard InChI is InChI=1S/C23H26N6O3S/c1-17-15-18(2)25-23(24-17)27-26-22(30)19-7-6-10-21(16-19)33(31,32)29-13-11-28(12-14-29)20-8-4-3-5-9-20/h3-10,15-16H,11-14H2,1-2H3,(H,26,30)(H,24,25,27). The Kier molecular flexibility index (Phi) is 6.57. The lowest BCUT2D eigenvalue weighted by molar-refractivity contribution is 0.0962. The van der Waals surface area contributed by atoms with Crippen molar-refractivity contribution in [2.24, 2.45) is 0 Å². The summed E-state index contributed by atoms with van der Waals surface area (Å²) in [5.41, 5.74) is 8.03. The lowest BCUT2D eigenvalue weighted by Gasteiger charge is -2.35. The highest BCUT2D eigenvalue weighted by atomic mass is 32.2. The van der Waals surface area contributed by atoms with Gasteiger partial charge in [-0.15, -0.1) is 0 Å². The van der Waals surface area contributed by atoms with E-state index in [1.807, 2.05) is 50.2 Å². The van der Waals surface area contributed by atoms with Crippen LogP contribution in [0.25, 0.3) is 0 Å². The Morgan fingerprint density at radius 3 is 2.21 bits per heavy atom. The molecule has 33 heavy (non-hydrogen) atoms. The number of aryl methyl sites for hydroxylation is 2. The van der Waals surface area contributed by atoms with E-state index in [9.17, 15) is 13.2 Å². The summed E-state index contributed by atoms with van der Waals surface area (Å²) in [7, 11) is -3.72. The van der Waals surface area contributed by atoms with Crippen molar-refractivity contribution in [3.8, 4) is 0 Å². The van der Waals surface area contributed by atoms with E-state index >= 15 is 0 Å². The summed E-state index contributed by atoms with van der Waals surface area (Å²) in [6.07, 6.45) is 0. The molecule has 2 aromatic carbocycles. The number of piperazine rings is 1. The molecule has 0 saturated carbocycles. The number of sulfonamides is 1. The van der Waals surface area contributed by atoms with Crippen molar-refractivity contribution in [1.82, 2.24) is 19.7 Å². The topological polar surface area (TPSA) is 108 Å². The number of nitrogens with one attached hydrogen (secondary N) is 2. The van der Waals surface area contributed by atoms with E-state index in [0.717, 1.165) is 17.1 Å². The maximum absolute atomic E-state index is 13.2. The zero-order valence-corrected chi connectivity index (χ0v) is 19.3. The lowest BCUT2D eigenvalue weighted by atomic mass is 10.2. The van der Waals surface area contributed by atoms with Crippen molar-refractivity contribution < 1.29 is 13.2 Å². The molecule has 0 bridgehead atoms. The summed E-state index contributed by atoms with van der Waals surface area (Å²) in [6.45, 7) is 5.61. The SMILES string of the molecule is Cc1cc(C)nc(NNC(=O)c2cccc(S(=O)(=O)N3CCN(c4ccccc4)CC3)c2)n1. The maximum Gasteiger partial charge on any atom is 0.269 e. The fraction of sp³-hybridized carbons (Fsp3) is 0.261. The number of hydrazine groups is 1. The van der Waals surface area contributed by atoms with Gasteiger partial charge in [0.05, 0.1) is 4.90 Å². The highest BCUT2D eigenvalue weighted by Crippen LogP contribution is 2.21. The Hall–Kier alpha value is -3.50. The van der Waals surface area contributed by atoms with Gasteiger partial charge in [0, 0.05) is 48.8 Å². The van der Waals surface area contributed by atoms with Gasteiger partial charge in [-0.1, -0.05) is 24.3 Å². The smallest absolute Gasteiger partial charge is 0.269 e. The van der Waals surface area contributed by atoms with Crippen molar-refractivity contribution in [1.29, 1.82) is 0 Å². The first kappa shape index (κ1) is 22.7. The molecule has 3 aromatic rings. The van der Waals surface area contributed by atoms with Gasteiger partial charge < -0.3 is 4.90 Å². The number of para-hydroxylation sites is 1. The van der Waals surface area contributed by atoms with Crippen LogP contribution in [0.3, 0.4) is 0 Å². The van der Waals surface area contributed by atoms with E-state index in [0.29, 0.717) is 26.2 Å². The Morgan fingerprint density at radius 1 is 0.879 bits per heavy atom. The fourth-order valence-electron chi connectivity index (χ4n) is 3.74. The van der Waals surface area contributed by atoms with E-state index in [2.05, 4.69) is 25.7 Å². The van der Waals surface area contributed by atoms with Gasteiger partial charge in [0.1, 0.15) is 0 Å². The van der Waals surface area contributed by atoms with Crippen LogP contribution < -0.4 is 15.8 Å². The van der Waals surface area contributed by atoms with E-state index in [-0.39, 0.29) is 16.4 Å². The molecule has 172 valence electrons. The minimum Gasteiger partial charge on any atom is -0.369 e. The average molecular weight is 467 g/mol. The number of anilines is 2. The molecule has 1 aliphatic rings. The predicted molar refractivity (Wildman–Crippen MR) is 126 cm³/mol. The number of carbonyl (C=O) groups is 1. The van der Waals surface area contributed by atoms with Gasteiger partial charge in [-0.05, 0) is 50.2 Å². The number of aromatic nitrogens is 2. The zero-order valence-electron chi connectivity index (χ0n) is 18.5. The molecule has 0 radical (unpaired) electrons. The molecule has 2 N–H and O–H groups in total. The molecule has 1 fully saturated rings. The lowest BCUT2D eigenvalue weighted by Crippen LogP contribution is -2.48. The Morgan fingerprint density at radius 2 is 1.55 bits per heavy atom. The fourth-order valence-corrected chi connectivity index (χ4v) is 5.21. The third-order valence-corrected chi connectivity index (χ3v) is 7.26. The average Bonchev–Trinajstić information content (AvgIpc) is 2.83. The van der Waals surface area contributed by atoms with Crippen LogP contribution in [-0.2, 0) is 10.0 Å². The quantitative estimate of drug-likeness (QED) is 0.537. The van der Waals surface area contributed by atoms with Gasteiger partial charge in [0.25, 0.3) is 5.91 Å². The van der Waals surface area contributed by atoms with Crippen LogP contribution in [0.1, 0.15) is 21.7 Å². The van der Waals surface area contributed by atoms with Gasteiger partial charge in [-0.2, -0.15) is 4.31 Å². The second-order valence-corrected chi connectivity index (χ2v) is 9.75. The highest BCUT2D eigenvalue weighted by molar-refractivity contribution is 7.89. The molecule has 4 rings (SSSR count). The monoisotopic (exact) mass is 466 g/mol. The number of amides is 1. The third-order valence-electron chi connectivity index (χ3n) is 5.36. The molecule has 10 heteroatoms. The van der Waals surface area contributed by atoms with Gasteiger partial charge in [-0.3, -0.25) is 15.6 Å². The van der Waals surface area contributed by atoms with Crippen molar-refractivity contribution in [3.05, 3.63) is 77.6 Å². The van der Waals surface area contributed by atoms with Crippen molar-refractivity contribution in [2.75, 3.05) is 36.5 Å². The van der Waals surface area contributed by atoms with Crippen LogP contribution in [0, 0.1) is 13.8 Å². The van der Waals surface area contributed by atoms with Crippen molar-refractivity contribution in [2.45, 2.75) is 18.7 Å². The summed E-state index contributed by atoms with van der Waals surface area (Å²) in [6, 6.07) is 17.8. The number of benzene rings is 2. The maximum atomic E-state index is 13.2. The Labute approximate surface area is 193 Å². The van der Waals surface area contributed by atoms with Crippen LogP contribution in [0.5, 0.6) is 0 Å². The Balaban J connectivity index is 1.42. The van der Waals surface area contributed by atoms with E-state index in [4.69, 9.17) is 0 Å². The zero-order chi connectivity index (χ0) is 23.4. The number of hydrogen-bond acceptors (Lipinski definition) is 7. The largest absolute Gasteiger partial charge is 0.369 e. The molecule has 0 atom stereocenters. The van der Waals surface area contributed by atoms with Crippen LogP contribution in [0.4, 0.5) is 11.6 Å². The number of hydrogen-bond donors (Lipinski definition) is 2. The highest BCUT2D eigenvalue weighted by Gasteiger charge is 2.29. The first-order chi connectivity index (χ1) is 15.8. The molecule has 1 saturated heterocycles. The number of rotatable bonds is 6. The first-order valence-corrected chi connectivity index (χ1v) is 12.1. The van der Waals surface area contributed by atoms with Gasteiger partial charge in [0.15, 0.2) is 0 Å². The minimum atomic E-state index is -3.72. The summed E-state index contributed by atoms with van der Waals surface area (Å²) < 4.78 is 27.9. The molecule has 1 aromatic heterocycles. The third kappa shape index (κ3) is 5.29. The normalized spacial score (nSPS) is 14.7. The van der Waals surface area contributed by atoms with Crippen molar-refractivity contribution >= 4 is 27.6 Å². The molecular formula is C23H26N6O3S. The van der Waals surface area contributed by atoms with E-state index < -0.39 is 15.9 Å². The molecule has 0 spiro atoms. The molecular weight excluding hydrogens is 440 g/mol. The molecule has 9 nitrogen and oxygen atoms in total. The van der Waals surface area contributed by atoms with Crippen LogP contribution >= 0.6 is 0 Å². The van der Waals surface area contributed by atoms with E-state index in [1.165, 1.54) is 16.4 Å². The van der Waals surface area contributed by atoms with Gasteiger partial charge in [-0.25, -0.2) is 18.4 Å². The van der Waals surface area contributed by atoms with Gasteiger partial charge in [0.2, 0.25) is 16.0 Å². The molecule has 0 aliphatic carbocycles. The summed E-state index contributed by atoms with van der Waals surface area (Å²) in [4.78, 5) is 23.3. The summed E-state index contributed by atoms with van der Waals surface area (Å²) in [5, 5.41) is 0. The minimum absolute atomic E-state index is 0.0889. The molecule has 0 unspecified atom stereocenters. The Bertz CT molecular complexity index is 1220. The van der Waals surface area contributed by atoms with E-state index in [1.54, 1.807) is 12.1 Å². The van der Waals surface area contributed by atoms with Gasteiger partial charge >= 0.3 is 0 Å². The summed E-state index contributed by atoms with van der Waals surface area (Å²) in [5.74, 6) is -0.218. The van der Waals surface area contributed by atoms with Crippen molar-refractivity contribution in [3.63, 3.8) is 0 Å². The number of carbonyl (C=O) groups excluding carboxylic acids is 1. The van der Waals surface area contributed by atoms with Crippen LogP contribution in [0.2, 0.25) is 0 Å². The predicted octanol–water partition coefficient (Wildman–Crippen LogP) is 2.36. The summed E-state index contributed by atoms with van der Waals surface area (Å²) >= 11 is 0. The molecule has 1 aliphatic heterocycles. The second-order valence-electron chi connectivity index (χ2n) is 7.81.